The first-order valence-electron chi connectivity index (χ1n) is 13.3. The number of hydrogen-bond acceptors (Lipinski definition) is 4. The Morgan fingerprint density at radius 2 is 1.35 bits per heavy atom. The van der Waals surface area contributed by atoms with Gasteiger partial charge in [0.25, 0.3) is 0 Å². The molecule has 0 amide bonds. The maximum absolute atomic E-state index is 5.28. The van der Waals surface area contributed by atoms with Crippen LogP contribution >= 0.6 is 11.3 Å². The van der Waals surface area contributed by atoms with Crippen molar-refractivity contribution in [2.24, 2.45) is 0 Å². The van der Waals surface area contributed by atoms with Gasteiger partial charge in [-0.05, 0) is 47.2 Å². The fraction of sp³-hybridized carbons (Fsp3) is 0. The lowest BCUT2D eigenvalue weighted by Gasteiger charge is -2.14. The zero-order valence-electron chi connectivity index (χ0n) is 21.2. The number of thiophene rings is 1. The maximum Gasteiger partial charge on any atom is 0.178 e. The van der Waals surface area contributed by atoms with Crippen molar-refractivity contribution in [3.63, 3.8) is 0 Å². The van der Waals surface area contributed by atoms with Crippen molar-refractivity contribution >= 4 is 75.3 Å². The number of para-hydroxylation sites is 1. The van der Waals surface area contributed by atoms with Gasteiger partial charge < -0.3 is 0 Å². The summed E-state index contributed by atoms with van der Waals surface area (Å²) in [5.74, 6) is 0.812. The standard InChI is InChI=1S/C35H20N4S/c1-2-10-22-20-30-27(19-21(22)9-1)23-11-3-5-16-29(23)39(30)35-32(38-34-28(37-35)15-8-18-36-34)26-14-7-13-25-24-12-4-6-17-31(24)40-33(25)26/h1-20H. The minimum Gasteiger partial charge on any atom is -0.292 e. The Morgan fingerprint density at radius 1 is 0.575 bits per heavy atom. The molecule has 4 aromatic heterocycles. The van der Waals surface area contributed by atoms with Crippen molar-refractivity contribution in [2.75, 3.05) is 0 Å². The fourth-order valence-corrected chi connectivity index (χ4v) is 7.26. The zero-order chi connectivity index (χ0) is 26.2. The van der Waals surface area contributed by atoms with Crippen LogP contribution in [-0.2, 0) is 0 Å². The first-order chi connectivity index (χ1) is 19.8. The quantitative estimate of drug-likeness (QED) is 0.225. The van der Waals surface area contributed by atoms with Crippen molar-refractivity contribution in [2.45, 2.75) is 0 Å². The van der Waals surface area contributed by atoms with Crippen molar-refractivity contribution in [3.8, 4) is 17.1 Å². The Kier molecular flexibility index (Phi) is 4.45. The Morgan fingerprint density at radius 3 is 2.27 bits per heavy atom. The average molecular weight is 529 g/mol. The van der Waals surface area contributed by atoms with Crippen molar-refractivity contribution in [3.05, 3.63) is 121 Å². The summed E-state index contributed by atoms with van der Waals surface area (Å²) >= 11 is 1.81. The van der Waals surface area contributed by atoms with Crippen molar-refractivity contribution in [1.82, 2.24) is 19.5 Å². The molecule has 0 bridgehead atoms. The van der Waals surface area contributed by atoms with Crippen LogP contribution in [0, 0.1) is 0 Å². The second-order valence-electron chi connectivity index (χ2n) is 10.1. The highest BCUT2D eigenvalue weighted by atomic mass is 32.1. The minimum atomic E-state index is 0.644. The number of pyridine rings is 1. The summed E-state index contributed by atoms with van der Waals surface area (Å²) in [5.41, 5.74) is 5.54. The number of fused-ring (bicyclic) bond motifs is 8. The van der Waals surface area contributed by atoms with Crippen molar-refractivity contribution in [1.29, 1.82) is 0 Å². The molecule has 0 N–H and O–H groups in total. The van der Waals surface area contributed by atoms with Crippen LogP contribution in [-0.4, -0.2) is 19.5 Å². The Bertz CT molecular complexity index is 2450. The SMILES string of the molecule is c1ccc2cc3c(cc2c1)c1ccccc1n3-c1nc2cccnc2nc1-c1cccc2c1sc1ccccc12. The largest absolute Gasteiger partial charge is 0.292 e. The van der Waals surface area contributed by atoms with Crippen LogP contribution in [0.2, 0.25) is 0 Å². The van der Waals surface area contributed by atoms with Gasteiger partial charge in [0.1, 0.15) is 11.2 Å². The van der Waals surface area contributed by atoms with E-state index in [0.29, 0.717) is 5.65 Å². The first kappa shape index (κ1) is 21.8. The van der Waals surface area contributed by atoms with E-state index in [9.17, 15) is 0 Å². The molecule has 4 nitrogen and oxygen atoms in total. The maximum atomic E-state index is 5.28. The van der Waals surface area contributed by atoms with Gasteiger partial charge in [-0.15, -0.1) is 11.3 Å². The number of rotatable bonds is 2. The minimum absolute atomic E-state index is 0.644. The highest BCUT2D eigenvalue weighted by Gasteiger charge is 2.22. The van der Waals surface area contributed by atoms with E-state index >= 15 is 0 Å². The van der Waals surface area contributed by atoms with E-state index in [-0.39, 0.29) is 0 Å². The van der Waals surface area contributed by atoms with Gasteiger partial charge in [-0.2, -0.15) is 0 Å². The highest BCUT2D eigenvalue weighted by molar-refractivity contribution is 7.26. The summed E-state index contributed by atoms with van der Waals surface area (Å²) in [5, 5.41) is 7.32. The summed E-state index contributed by atoms with van der Waals surface area (Å²) < 4.78 is 4.76. The van der Waals surface area contributed by atoms with Gasteiger partial charge in [0.15, 0.2) is 11.5 Å². The molecule has 40 heavy (non-hydrogen) atoms. The lowest BCUT2D eigenvalue weighted by Crippen LogP contribution is -2.04. The van der Waals surface area contributed by atoms with Crippen LogP contribution in [0.15, 0.2) is 121 Å². The van der Waals surface area contributed by atoms with E-state index in [1.807, 2.05) is 12.1 Å². The lowest BCUT2D eigenvalue weighted by atomic mass is 10.1. The third kappa shape index (κ3) is 3.04. The molecule has 5 aromatic carbocycles. The predicted molar refractivity (Wildman–Crippen MR) is 168 cm³/mol. The molecule has 186 valence electrons. The highest BCUT2D eigenvalue weighted by Crippen LogP contribution is 2.42. The normalized spacial score (nSPS) is 12.0. The Hall–Kier alpha value is -5.13. The number of nitrogens with zero attached hydrogens (tertiary/aromatic N) is 4. The monoisotopic (exact) mass is 528 g/mol. The molecule has 0 saturated carbocycles. The van der Waals surface area contributed by atoms with Gasteiger partial charge in [-0.1, -0.05) is 78.9 Å². The number of hydrogen-bond donors (Lipinski definition) is 0. The van der Waals surface area contributed by atoms with E-state index < -0.39 is 0 Å². The summed E-state index contributed by atoms with van der Waals surface area (Å²) in [6.45, 7) is 0. The molecule has 9 rings (SSSR count). The molecule has 0 aliphatic carbocycles. The summed E-state index contributed by atoms with van der Waals surface area (Å²) in [4.78, 5) is 15.1. The Balaban J connectivity index is 1.46. The molecular formula is C35H20N4S. The second kappa shape index (κ2) is 8.18. The topological polar surface area (TPSA) is 43.6 Å². The smallest absolute Gasteiger partial charge is 0.178 e. The molecule has 0 aliphatic rings. The number of aromatic nitrogens is 4. The molecule has 4 heterocycles. The van der Waals surface area contributed by atoms with Crippen molar-refractivity contribution < 1.29 is 0 Å². The molecule has 0 aliphatic heterocycles. The third-order valence-electron chi connectivity index (χ3n) is 7.83. The van der Waals surface area contributed by atoms with Crippen LogP contribution in [0.4, 0.5) is 0 Å². The van der Waals surface area contributed by atoms with Gasteiger partial charge in [0.05, 0.1) is 11.0 Å². The van der Waals surface area contributed by atoms with Gasteiger partial charge >= 0.3 is 0 Å². The summed E-state index contributed by atoms with van der Waals surface area (Å²) in [6, 6.07) is 40.7. The molecule has 0 unspecified atom stereocenters. The third-order valence-corrected chi connectivity index (χ3v) is 9.05. The van der Waals surface area contributed by atoms with E-state index in [0.717, 1.165) is 33.6 Å². The van der Waals surface area contributed by atoms with Gasteiger partial charge in [-0.25, -0.2) is 15.0 Å². The zero-order valence-corrected chi connectivity index (χ0v) is 22.1. The van der Waals surface area contributed by atoms with Gasteiger partial charge in [-0.3, -0.25) is 4.57 Å². The second-order valence-corrected chi connectivity index (χ2v) is 11.1. The van der Waals surface area contributed by atoms with E-state index in [4.69, 9.17) is 9.97 Å². The summed E-state index contributed by atoms with van der Waals surface area (Å²) in [7, 11) is 0. The van der Waals surface area contributed by atoms with Crippen LogP contribution in [0.3, 0.4) is 0 Å². The van der Waals surface area contributed by atoms with Gasteiger partial charge in [0.2, 0.25) is 0 Å². The average Bonchev–Trinajstić information content (AvgIpc) is 3.55. The molecule has 9 aromatic rings. The van der Waals surface area contributed by atoms with Crippen LogP contribution in [0.5, 0.6) is 0 Å². The molecular weight excluding hydrogens is 508 g/mol. The molecule has 0 radical (unpaired) electrons. The fourth-order valence-electron chi connectivity index (χ4n) is 6.04. The molecule has 0 spiro atoms. The lowest BCUT2D eigenvalue weighted by molar-refractivity contribution is 1.07. The van der Waals surface area contributed by atoms with E-state index in [2.05, 4.69) is 113 Å². The van der Waals surface area contributed by atoms with Crippen LogP contribution in [0.25, 0.3) is 81.0 Å². The van der Waals surface area contributed by atoms with Crippen LogP contribution in [0.1, 0.15) is 0 Å². The van der Waals surface area contributed by atoms with Crippen LogP contribution < -0.4 is 0 Å². The number of benzene rings is 5. The first-order valence-corrected chi connectivity index (χ1v) is 14.1. The van der Waals surface area contributed by atoms with E-state index in [1.165, 1.54) is 41.7 Å². The molecule has 0 fully saturated rings. The predicted octanol–water partition coefficient (Wildman–Crippen LogP) is 9.31. The molecule has 0 atom stereocenters. The summed E-state index contributed by atoms with van der Waals surface area (Å²) in [6.07, 6.45) is 1.78. The Labute approximate surface area is 232 Å². The molecule has 0 saturated heterocycles. The van der Waals surface area contributed by atoms with Gasteiger partial charge in [0, 0.05) is 42.7 Å². The van der Waals surface area contributed by atoms with E-state index in [1.54, 1.807) is 17.5 Å². The molecule has 5 heteroatoms.